The standard InChI is InChI=1S/C19H20N4O3S/c1-12-20-18(22-26-12)13-3-2-4-16(7-13)21-19(25)23-8-15(10-24)17(9-23)14-5-6-27-11-14/h2-7,11,15,17,24H,8-10H2,1H3,(H,21,25)/t15-,17-/m0/s1. The number of amides is 2. The first-order valence-electron chi connectivity index (χ1n) is 8.73. The monoisotopic (exact) mass is 384 g/mol. The molecule has 0 spiro atoms. The largest absolute Gasteiger partial charge is 0.396 e. The molecular weight excluding hydrogens is 364 g/mol. The number of aryl methyl sites for hydroxylation is 1. The number of carbonyl (C=O) groups is 1. The molecule has 2 N–H and O–H groups in total. The van der Waals surface area contributed by atoms with Gasteiger partial charge >= 0.3 is 6.03 Å². The summed E-state index contributed by atoms with van der Waals surface area (Å²) in [6, 6.07) is 9.24. The van der Waals surface area contributed by atoms with Crippen LogP contribution in [-0.2, 0) is 0 Å². The highest BCUT2D eigenvalue weighted by molar-refractivity contribution is 7.08. The Labute approximate surface area is 160 Å². The number of aliphatic hydroxyl groups excluding tert-OH is 1. The number of aromatic nitrogens is 2. The van der Waals surface area contributed by atoms with Crippen LogP contribution >= 0.6 is 11.3 Å². The van der Waals surface area contributed by atoms with Gasteiger partial charge in [-0.1, -0.05) is 17.3 Å². The van der Waals surface area contributed by atoms with Crippen molar-refractivity contribution in [3.05, 3.63) is 52.5 Å². The summed E-state index contributed by atoms with van der Waals surface area (Å²) in [7, 11) is 0. The van der Waals surface area contributed by atoms with Gasteiger partial charge in [-0.05, 0) is 34.5 Å². The van der Waals surface area contributed by atoms with Crippen molar-refractivity contribution in [2.75, 3.05) is 25.0 Å². The lowest BCUT2D eigenvalue weighted by molar-refractivity contribution is 0.207. The molecule has 2 aromatic heterocycles. The van der Waals surface area contributed by atoms with Gasteiger partial charge in [-0.3, -0.25) is 0 Å². The van der Waals surface area contributed by atoms with Crippen LogP contribution in [0.2, 0.25) is 0 Å². The number of nitrogens with one attached hydrogen (secondary N) is 1. The van der Waals surface area contributed by atoms with E-state index in [1.807, 2.05) is 29.6 Å². The van der Waals surface area contributed by atoms with Gasteiger partial charge in [-0.2, -0.15) is 16.3 Å². The first kappa shape index (κ1) is 17.7. The highest BCUT2D eigenvalue weighted by atomic mass is 32.1. The molecule has 1 saturated heterocycles. The molecule has 4 rings (SSSR count). The fraction of sp³-hybridized carbons (Fsp3) is 0.316. The quantitative estimate of drug-likeness (QED) is 0.720. The summed E-state index contributed by atoms with van der Waals surface area (Å²) in [5, 5.41) is 20.7. The molecule has 2 atom stereocenters. The number of urea groups is 1. The molecule has 0 radical (unpaired) electrons. The van der Waals surface area contributed by atoms with Gasteiger partial charge in [0.25, 0.3) is 0 Å². The number of benzene rings is 1. The molecular formula is C19H20N4O3S. The van der Waals surface area contributed by atoms with E-state index in [-0.39, 0.29) is 24.5 Å². The zero-order valence-electron chi connectivity index (χ0n) is 14.8. The van der Waals surface area contributed by atoms with Crippen LogP contribution in [0.3, 0.4) is 0 Å². The van der Waals surface area contributed by atoms with Crippen molar-refractivity contribution in [3.63, 3.8) is 0 Å². The van der Waals surface area contributed by atoms with Crippen molar-refractivity contribution in [2.45, 2.75) is 12.8 Å². The lowest BCUT2D eigenvalue weighted by atomic mass is 9.92. The third kappa shape index (κ3) is 3.72. The maximum absolute atomic E-state index is 12.7. The summed E-state index contributed by atoms with van der Waals surface area (Å²) in [5.74, 6) is 1.20. The number of rotatable bonds is 4. The summed E-state index contributed by atoms with van der Waals surface area (Å²) in [6.45, 7) is 2.93. The maximum atomic E-state index is 12.7. The highest BCUT2D eigenvalue weighted by Gasteiger charge is 2.36. The second-order valence-corrected chi connectivity index (χ2v) is 7.44. The zero-order valence-corrected chi connectivity index (χ0v) is 15.6. The summed E-state index contributed by atoms with van der Waals surface area (Å²) in [6.07, 6.45) is 0. The highest BCUT2D eigenvalue weighted by Crippen LogP contribution is 2.34. The third-order valence-electron chi connectivity index (χ3n) is 4.83. The van der Waals surface area contributed by atoms with E-state index in [1.54, 1.807) is 23.2 Å². The van der Waals surface area contributed by atoms with Gasteiger partial charge in [0, 0.05) is 49.7 Å². The van der Waals surface area contributed by atoms with Gasteiger partial charge in [0.2, 0.25) is 11.7 Å². The molecule has 8 heteroatoms. The average molecular weight is 384 g/mol. The van der Waals surface area contributed by atoms with Gasteiger partial charge in [0.1, 0.15) is 0 Å². The smallest absolute Gasteiger partial charge is 0.321 e. The first-order valence-corrected chi connectivity index (χ1v) is 9.68. The molecule has 140 valence electrons. The summed E-state index contributed by atoms with van der Waals surface area (Å²) < 4.78 is 5.01. The Balaban J connectivity index is 1.46. The summed E-state index contributed by atoms with van der Waals surface area (Å²) in [4.78, 5) is 18.7. The molecule has 3 heterocycles. The lowest BCUT2D eigenvalue weighted by Crippen LogP contribution is -2.33. The van der Waals surface area contributed by atoms with E-state index in [0.29, 0.717) is 30.5 Å². The molecule has 1 aliphatic rings. The minimum absolute atomic E-state index is 0.0546. The van der Waals surface area contributed by atoms with E-state index < -0.39 is 0 Å². The fourth-order valence-electron chi connectivity index (χ4n) is 3.44. The van der Waals surface area contributed by atoms with E-state index in [9.17, 15) is 9.90 Å². The number of likely N-dealkylation sites (tertiary alicyclic amines) is 1. The molecule has 0 saturated carbocycles. The van der Waals surface area contributed by atoms with E-state index in [1.165, 1.54) is 5.56 Å². The number of hydrogen-bond donors (Lipinski definition) is 2. The van der Waals surface area contributed by atoms with Crippen molar-refractivity contribution in [1.82, 2.24) is 15.0 Å². The van der Waals surface area contributed by atoms with E-state index in [2.05, 4.69) is 26.9 Å². The number of hydrogen-bond acceptors (Lipinski definition) is 6. The second kappa shape index (κ2) is 7.50. The molecule has 3 aromatic rings. The second-order valence-electron chi connectivity index (χ2n) is 6.66. The van der Waals surface area contributed by atoms with Crippen LogP contribution in [0.4, 0.5) is 10.5 Å². The van der Waals surface area contributed by atoms with Crippen LogP contribution in [-0.4, -0.2) is 45.9 Å². The Hall–Kier alpha value is -2.71. The molecule has 27 heavy (non-hydrogen) atoms. The van der Waals surface area contributed by atoms with E-state index in [0.717, 1.165) is 5.56 Å². The predicted octanol–water partition coefficient (Wildman–Crippen LogP) is 3.35. The van der Waals surface area contributed by atoms with Crippen LogP contribution in [0.25, 0.3) is 11.4 Å². The normalized spacial score (nSPS) is 19.4. The predicted molar refractivity (Wildman–Crippen MR) is 103 cm³/mol. The molecule has 2 amide bonds. The van der Waals surface area contributed by atoms with Crippen molar-refractivity contribution >= 4 is 23.1 Å². The molecule has 7 nitrogen and oxygen atoms in total. The van der Waals surface area contributed by atoms with Crippen LogP contribution in [0, 0.1) is 12.8 Å². The Bertz CT molecular complexity index is 925. The molecule has 1 fully saturated rings. The van der Waals surface area contributed by atoms with Crippen LogP contribution in [0.1, 0.15) is 17.4 Å². The van der Waals surface area contributed by atoms with Crippen LogP contribution < -0.4 is 5.32 Å². The third-order valence-corrected chi connectivity index (χ3v) is 5.54. The van der Waals surface area contributed by atoms with E-state index >= 15 is 0 Å². The minimum Gasteiger partial charge on any atom is -0.396 e. The molecule has 1 aliphatic heterocycles. The van der Waals surface area contributed by atoms with Gasteiger partial charge in [-0.15, -0.1) is 0 Å². The lowest BCUT2D eigenvalue weighted by Gasteiger charge is -2.17. The van der Waals surface area contributed by atoms with Gasteiger partial charge in [0.15, 0.2) is 0 Å². The molecule has 1 aromatic carbocycles. The summed E-state index contributed by atoms with van der Waals surface area (Å²) >= 11 is 1.63. The van der Waals surface area contributed by atoms with Gasteiger partial charge in [-0.25, -0.2) is 4.79 Å². The molecule has 0 aliphatic carbocycles. The molecule has 0 unspecified atom stereocenters. The molecule has 0 bridgehead atoms. The topological polar surface area (TPSA) is 91.5 Å². The van der Waals surface area contributed by atoms with Crippen molar-refractivity contribution < 1.29 is 14.4 Å². The van der Waals surface area contributed by atoms with Gasteiger partial charge in [0.05, 0.1) is 0 Å². The SMILES string of the molecule is Cc1nc(-c2cccc(NC(=O)N3C[C@@H](CO)[C@H](c4ccsc4)C3)c2)no1. The Morgan fingerprint density at radius 2 is 2.30 bits per heavy atom. The first-order chi connectivity index (χ1) is 13.1. The maximum Gasteiger partial charge on any atom is 0.321 e. The summed E-state index contributed by atoms with van der Waals surface area (Å²) in [5.41, 5.74) is 2.62. The number of carbonyl (C=O) groups excluding carboxylic acids is 1. The number of anilines is 1. The van der Waals surface area contributed by atoms with Gasteiger partial charge < -0.3 is 19.8 Å². The van der Waals surface area contributed by atoms with Crippen molar-refractivity contribution in [2.24, 2.45) is 5.92 Å². The minimum atomic E-state index is -0.173. The van der Waals surface area contributed by atoms with Crippen molar-refractivity contribution in [1.29, 1.82) is 0 Å². The Morgan fingerprint density at radius 1 is 1.41 bits per heavy atom. The number of thiophene rings is 1. The van der Waals surface area contributed by atoms with Crippen LogP contribution in [0.15, 0.2) is 45.6 Å². The van der Waals surface area contributed by atoms with Crippen molar-refractivity contribution in [3.8, 4) is 11.4 Å². The van der Waals surface area contributed by atoms with Crippen LogP contribution in [0.5, 0.6) is 0 Å². The Kier molecular flexibility index (Phi) is 4.91. The number of aliphatic hydroxyl groups is 1. The zero-order chi connectivity index (χ0) is 18.8. The fourth-order valence-corrected chi connectivity index (χ4v) is 4.17. The Morgan fingerprint density at radius 3 is 3.00 bits per heavy atom. The number of nitrogens with zero attached hydrogens (tertiary/aromatic N) is 3. The van der Waals surface area contributed by atoms with E-state index in [4.69, 9.17) is 4.52 Å². The average Bonchev–Trinajstić information content (AvgIpc) is 3.41.